The third-order valence-corrected chi connectivity index (χ3v) is 11.3. The SMILES string of the molecule is N#Cc1ccc(-c2cc(-c3cc(-c4ccccc4)nc(-c4ccccc4)n3)cc(-c3ccc(C#N)cc3)c2-n2c3ccccc3c3c4oc5ccccc5c4ccc32)cc1. The topological polar surface area (TPSA) is 91.4 Å². The molecule has 0 radical (unpaired) electrons. The molecule has 8 aromatic carbocycles. The number of rotatable bonds is 6. The van der Waals surface area contributed by atoms with Crippen LogP contribution in [0, 0.1) is 22.7 Å². The maximum Gasteiger partial charge on any atom is 0.160 e. The Morgan fingerprint density at radius 2 is 0.983 bits per heavy atom. The molecule has 0 atom stereocenters. The standard InChI is InChI=1S/C54H31N5O/c55-32-34-19-23-36(24-20-34)44-29-40(47-31-46(38-11-3-1-4-12-38)57-54(58-47)39-13-5-2-6-14-39)30-45(37-25-21-35(33-56)22-26-37)52(44)59-48-17-9-7-16-43(48)51-49(59)28-27-42-41-15-8-10-18-50(41)60-53(42)51/h1-31H. The number of nitriles is 2. The average molecular weight is 766 g/mol. The monoisotopic (exact) mass is 765 g/mol. The molecule has 0 saturated carbocycles. The zero-order valence-electron chi connectivity index (χ0n) is 32.0. The molecule has 6 nitrogen and oxygen atoms in total. The van der Waals surface area contributed by atoms with Crippen molar-refractivity contribution in [2.45, 2.75) is 0 Å². The van der Waals surface area contributed by atoms with Crippen LogP contribution in [-0.4, -0.2) is 14.5 Å². The maximum atomic E-state index is 9.85. The fraction of sp³-hybridized carbons (Fsp3) is 0. The van der Waals surface area contributed by atoms with Gasteiger partial charge < -0.3 is 8.98 Å². The van der Waals surface area contributed by atoms with Crippen molar-refractivity contribution >= 4 is 43.7 Å². The van der Waals surface area contributed by atoms with Crippen LogP contribution in [0.25, 0.3) is 106 Å². The summed E-state index contributed by atoms with van der Waals surface area (Å²) in [5.41, 5.74) is 13.8. The molecule has 0 N–H and O–H groups in total. The van der Waals surface area contributed by atoms with Crippen LogP contribution in [0.5, 0.6) is 0 Å². The van der Waals surface area contributed by atoms with Gasteiger partial charge in [-0.15, -0.1) is 0 Å². The van der Waals surface area contributed by atoms with E-state index in [4.69, 9.17) is 14.4 Å². The number of hydrogen-bond acceptors (Lipinski definition) is 5. The molecule has 0 fully saturated rings. The summed E-state index contributed by atoms with van der Waals surface area (Å²) in [5.74, 6) is 0.619. The Morgan fingerprint density at radius 1 is 0.433 bits per heavy atom. The van der Waals surface area contributed by atoms with E-state index >= 15 is 0 Å². The van der Waals surface area contributed by atoms with Gasteiger partial charge in [-0.2, -0.15) is 10.5 Å². The minimum Gasteiger partial charge on any atom is -0.455 e. The van der Waals surface area contributed by atoms with Crippen LogP contribution in [-0.2, 0) is 0 Å². The average Bonchev–Trinajstić information content (AvgIpc) is 3.87. The Morgan fingerprint density at radius 3 is 1.62 bits per heavy atom. The number of benzene rings is 8. The second kappa shape index (κ2) is 14.1. The molecule has 0 spiro atoms. The van der Waals surface area contributed by atoms with Crippen LogP contribution in [0.15, 0.2) is 192 Å². The first kappa shape index (κ1) is 34.7. The lowest BCUT2D eigenvalue weighted by Gasteiger charge is -2.21. The smallest absolute Gasteiger partial charge is 0.160 e. The van der Waals surface area contributed by atoms with Gasteiger partial charge in [0.25, 0.3) is 0 Å². The fourth-order valence-electron chi connectivity index (χ4n) is 8.46. The third-order valence-electron chi connectivity index (χ3n) is 11.3. The molecule has 0 aliphatic heterocycles. The largest absolute Gasteiger partial charge is 0.455 e. The van der Waals surface area contributed by atoms with Crippen molar-refractivity contribution < 1.29 is 4.42 Å². The molecule has 3 aromatic heterocycles. The van der Waals surface area contributed by atoms with E-state index in [1.54, 1.807) is 0 Å². The Bertz CT molecular complexity index is 3400. The zero-order chi connectivity index (χ0) is 40.2. The minimum atomic E-state index is 0.573. The fourth-order valence-corrected chi connectivity index (χ4v) is 8.46. The highest BCUT2D eigenvalue weighted by molar-refractivity contribution is 6.24. The van der Waals surface area contributed by atoms with Crippen LogP contribution in [0.4, 0.5) is 0 Å². The van der Waals surface area contributed by atoms with Crippen molar-refractivity contribution in [1.82, 2.24) is 14.5 Å². The van der Waals surface area contributed by atoms with Crippen LogP contribution >= 0.6 is 0 Å². The van der Waals surface area contributed by atoms with Crippen LogP contribution in [0.1, 0.15) is 11.1 Å². The van der Waals surface area contributed by atoms with Crippen molar-refractivity contribution in [1.29, 1.82) is 10.5 Å². The first-order valence-corrected chi connectivity index (χ1v) is 19.7. The predicted octanol–water partition coefficient (Wildman–Crippen LogP) is 13.6. The van der Waals surface area contributed by atoms with Gasteiger partial charge in [-0.1, -0.05) is 121 Å². The van der Waals surface area contributed by atoms with Crippen molar-refractivity contribution in [2.24, 2.45) is 0 Å². The lowest BCUT2D eigenvalue weighted by Crippen LogP contribution is -2.03. The van der Waals surface area contributed by atoms with Crippen molar-refractivity contribution in [3.05, 3.63) is 199 Å². The number of aromatic nitrogens is 3. The van der Waals surface area contributed by atoms with E-state index in [0.29, 0.717) is 17.0 Å². The van der Waals surface area contributed by atoms with Crippen molar-refractivity contribution in [3.63, 3.8) is 0 Å². The molecule has 0 bridgehead atoms. The zero-order valence-corrected chi connectivity index (χ0v) is 32.0. The van der Waals surface area contributed by atoms with Gasteiger partial charge in [-0.3, -0.25) is 0 Å². The van der Waals surface area contributed by atoms with Gasteiger partial charge in [0.05, 0.1) is 56.8 Å². The predicted molar refractivity (Wildman–Crippen MR) is 240 cm³/mol. The molecule has 0 aliphatic carbocycles. The van der Waals surface area contributed by atoms with Gasteiger partial charge in [0, 0.05) is 44.0 Å². The molecule has 278 valence electrons. The number of hydrogen-bond donors (Lipinski definition) is 0. The highest BCUT2D eigenvalue weighted by atomic mass is 16.3. The molecule has 11 rings (SSSR count). The first-order valence-electron chi connectivity index (χ1n) is 19.7. The van der Waals surface area contributed by atoms with E-state index in [9.17, 15) is 10.5 Å². The van der Waals surface area contributed by atoms with E-state index < -0.39 is 0 Å². The normalized spacial score (nSPS) is 11.3. The molecule has 0 aliphatic rings. The Hall–Kier alpha value is -8.58. The highest BCUT2D eigenvalue weighted by Gasteiger charge is 2.25. The molecular weight excluding hydrogens is 735 g/mol. The summed E-state index contributed by atoms with van der Waals surface area (Å²) in [7, 11) is 0. The summed E-state index contributed by atoms with van der Waals surface area (Å²) >= 11 is 0. The summed E-state index contributed by atoms with van der Waals surface area (Å²) in [6.45, 7) is 0. The summed E-state index contributed by atoms with van der Waals surface area (Å²) in [4.78, 5) is 10.3. The second-order valence-electron chi connectivity index (χ2n) is 14.8. The summed E-state index contributed by atoms with van der Waals surface area (Å²) < 4.78 is 9.03. The van der Waals surface area contributed by atoms with Gasteiger partial charge in [0.2, 0.25) is 0 Å². The maximum absolute atomic E-state index is 9.85. The van der Waals surface area contributed by atoms with Crippen LogP contribution in [0.3, 0.4) is 0 Å². The lowest BCUT2D eigenvalue weighted by molar-refractivity contribution is 0.673. The highest BCUT2D eigenvalue weighted by Crippen LogP contribution is 2.46. The molecule has 0 amide bonds. The van der Waals surface area contributed by atoms with E-state index in [2.05, 4.69) is 89.5 Å². The molecule has 60 heavy (non-hydrogen) atoms. The number of nitrogens with zero attached hydrogens (tertiary/aromatic N) is 5. The van der Waals surface area contributed by atoms with Gasteiger partial charge >= 0.3 is 0 Å². The molecule has 6 heteroatoms. The van der Waals surface area contributed by atoms with Gasteiger partial charge in [-0.05, 0) is 77.9 Å². The molecule has 0 saturated heterocycles. The minimum absolute atomic E-state index is 0.573. The molecule has 0 unspecified atom stereocenters. The molecule has 11 aromatic rings. The molecule has 3 heterocycles. The van der Waals surface area contributed by atoms with E-state index in [-0.39, 0.29) is 0 Å². The van der Waals surface area contributed by atoms with Crippen molar-refractivity contribution in [2.75, 3.05) is 0 Å². The van der Waals surface area contributed by atoms with Crippen molar-refractivity contribution in [3.8, 4) is 74.0 Å². The number of para-hydroxylation sites is 2. The van der Waals surface area contributed by atoms with Gasteiger partial charge in [0.15, 0.2) is 5.82 Å². The third kappa shape index (κ3) is 5.71. The van der Waals surface area contributed by atoms with E-state index in [1.807, 2.05) is 115 Å². The Kier molecular flexibility index (Phi) is 8.15. The summed E-state index contributed by atoms with van der Waals surface area (Å²) in [6, 6.07) is 67.8. The first-order chi connectivity index (χ1) is 29.6. The quantitative estimate of drug-likeness (QED) is 0.168. The summed E-state index contributed by atoms with van der Waals surface area (Å²) in [5, 5.41) is 23.9. The van der Waals surface area contributed by atoms with E-state index in [0.717, 1.165) is 99.8 Å². The Balaban J connectivity index is 1.28. The van der Waals surface area contributed by atoms with E-state index in [1.165, 1.54) is 0 Å². The van der Waals surface area contributed by atoms with Crippen LogP contribution < -0.4 is 0 Å². The summed E-state index contributed by atoms with van der Waals surface area (Å²) in [6.07, 6.45) is 0. The number of fused-ring (bicyclic) bond motifs is 7. The van der Waals surface area contributed by atoms with Gasteiger partial charge in [-0.25, -0.2) is 9.97 Å². The molecular formula is C54H31N5O. The Labute approximate surface area is 345 Å². The van der Waals surface area contributed by atoms with Gasteiger partial charge in [0.1, 0.15) is 11.2 Å². The lowest BCUT2D eigenvalue weighted by atomic mass is 9.91. The van der Waals surface area contributed by atoms with Crippen LogP contribution in [0.2, 0.25) is 0 Å². The number of furan rings is 1. The second-order valence-corrected chi connectivity index (χ2v) is 14.8.